The zero-order chi connectivity index (χ0) is 34.3. The van der Waals surface area contributed by atoms with Crippen molar-refractivity contribution in [3.8, 4) is 28.7 Å². The lowest BCUT2D eigenvalue weighted by Gasteiger charge is -2.47. The van der Waals surface area contributed by atoms with E-state index < -0.39 is 80.7 Å². The van der Waals surface area contributed by atoms with Gasteiger partial charge in [-0.3, -0.25) is 14.6 Å². The monoisotopic (exact) mass is 699 g/mol. The maximum absolute atomic E-state index is 13.5. The Labute approximate surface area is 272 Å². The van der Waals surface area contributed by atoms with E-state index in [-0.39, 0.29) is 42.0 Å². The van der Waals surface area contributed by atoms with Crippen molar-refractivity contribution in [3.05, 3.63) is 41.0 Å². The lowest BCUT2D eigenvalue weighted by molar-refractivity contribution is -0.364. The molecule has 11 unspecified atom stereocenters. The van der Waals surface area contributed by atoms with Crippen molar-refractivity contribution < 1.29 is 81.6 Å². The lowest BCUT2D eigenvalue weighted by atomic mass is 9.66. The molecule has 0 saturated carbocycles. The third-order valence-corrected chi connectivity index (χ3v) is 9.44. The molecule has 262 valence electrons. The molecule has 2 aromatic carbocycles. The predicted octanol–water partition coefficient (Wildman–Crippen LogP) is -0.291. The summed E-state index contributed by atoms with van der Waals surface area (Å²) in [5.74, 6) is -3.65. The molecular formula is C29H34NO17P. The molecular weight excluding hydrogens is 665 g/mol. The molecule has 0 bridgehead atoms. The molecule has 11 atom stereocenters. The van der Waals surface area contributed by atoms with Crippen LogP contribution in [0, 0.1) is 11.8 Å². The average Bonchev–Trinajstić information content (AvgIpc) is 3.55. The van der Waals surface area contributed by atoms with Gasteiger partial charge in [0.05, 0.1) is 39.5 Å². The zero-order valence-corrected chi connectivity index (χ0v) is 26.6. The summed E-state index contributed by atoms with van der Waals surface area (Å²) in [6.45, 7) is 1.60. The first-order valence-electron chi connectivity index (χ1n) is 14.9. The molecule has 0 amide bonds. The van der Waals surface area contributed by atoms with Gasteiger partial charge in [-0.05, 0) is 47.9 Å². The summed E-state index contributed by atoms with van der Waals surface area (Å²) in [6.07, 6.45) is -10.2. The van der Waals surface area contributed by atoms with Gasteiger partial charge in [0.25, 0.3) is 0 Å². The average molecular weight is 700 g/mol. The molecule has 7 rings (SSSR count). The van der Waals surface area contributed by atoms with Crippen LogP contribution in [0.25, 0.3) is 0 Å². The minimum Gasteiger partial charge on any atom is -0.493 e. The molecule has 19 heteroatoms. The Morgan fingerprint density at radius 3 is 2.23 bits per heavy atom. The van der Waals surface area contributed by atoms with E-state index in [1.165, 1.54) is 38.5 Å². The van der Waals surface area contributed by atoms with Crippen molar-refractivity contribution in [1.29, 1.82) is 0 Å². The highest BCUT2D eigenvalue weighted by atomic mass is 31.2. The molecule has 48 heavy (non-hydrogen) atoms. The van der Waals surface area contributed by atoms with Crippen LogP contribution in [-0.4, -0.2) is 102 Å². The molecule has 5 aliphatic rings. The van der Waals surface area contributed by atoms with Gasteiger partial charge in [0, 0.05) is 11.8 Å². The molecule has 18 nitrogen and oxygen atoms in total. The molecule has 4 heterocycles. The third-order valence-electron chi connectivity index (χ3n) is 9.02. The van der Waals surface area contributed by atoms with Gasteiger partial charge >= 0.3 is 19.9 Å². The first-order chi connectivity index (χ1) is 22.7. The number of phosphoric acid groups is 1. The molecule has 0 radical (unpaired) electrons. The van der Waals surface area contributed by atoms with Crippen molar-refractivity contribution in [2.24, 2.45) is 17.6 Å². The fourth-order valence-electron chi connectivity index (χ4n) is 7.04. The van der Waals surface area contributed by atoms with Gasteiger partial charge in [-0.2, -0.15) is 0 Å². The number of cyclic esters (lactones) is 1. The van der Waals surface area contributed by atoms with Gasteiger partial charge in [0.1, 0.15) is 24.4 Å². The fraction of sp³-hybridized carbons (Fsp3) is 0.552. The Hall–Kier alpha value is -3.26. The highest BCUT2D eigenvalue weighted by Crippen LogP contribution is 2.58. The summed E-state index contributed by atoms with van der Waals surface area (Å²) in [6, 6.07) is 5.88. The Bertz CT molecular complexity index is 1620. The molecule has 3 fully saturated rings. The van der Waals surface area contributed by atoms with Crippen molar-refractivity contribution in [1.82, 2.24) is 0 Å². The van der Waals surface area contributed by atoms with Gasteiger partial charge in [-0.15, -0.1) is 0 Å². The number of fused-ring (bicyclic) bond motifs is 4. The van der Waals surface area contributed by atoms with Crippen LogP contribution >= 0.6 is 7.82 Å². The topological polar surface area (TPSA) is 254 Å². The van der Waals surface area contributed by atoms with Crippen LogP contribution in [0.1, 0.15) is 35.6 Å². The number of methoxy groups -OCH3 is 2. The second-order valence-electron chi connectivity index (χ2n) is 12.0. The maximum Gasteiger partial charge on any atom is 0.525 e. The predicted molar refractivity (Wildman–Crippen MR) is 154 cm³/mol. The molecule has 0 aromatic heterocycles. The number of rotatable bonds is 7. The number of carbonyl (C=O) groups is 1. The number of hydrogen-bond acceptors (Lipinski definition) is 16. The first-order valence-corrected chi connectivity index (χ1v) is 16.4. The quantitative estimate of drug-likeness (QED) is 0.123. The number of carbonyl (C=O) groups excluding carboxylic acids is 1. The van der Waals surface area contributed by atoms with Gasteiger partial charge in [-0.1, -0.05) is 0 Å². The normalized spacial score (nSPS) is 36.8. The largest absolute Gasteiger partial charge is 0.525 e. The number of benzene rings is 2. The number of ether oxygens (including phenoxy) is 9. The van der Waals surface area contributed by atoms with E-state index in [1.807, 2.05) is 0 Å². The molecule has 0 spiro atoms. The summed E-state index contributed by atoms with van der Waals surface area (Å²) >= 11 is 0. The van der Waals surface area contributed by atoms with E-state index in [4.69, 9.17) is 52.9 Å². The number of esters is 1. The molecule has 4 aliphatic heterocycles. The number of phosphoric ester groups is 1. The molecule has 3 saturated heterocycles. The molecule has 2 aromatic rings. The van der Waals surface area contributed by atoms with Crippen LogP contribution in [0.15, 0.2) is 24.3 Å². The SMILES string of the molecule is COc1cc(C2c3cc4c(cc3C(OC3OC5COC(C)OC5C(O)C3O)C3COC(=O)C23)OC(N)(O)O4)cc(OC)c1OP(=O)(O)O. The van der Waals surface area contributed by atoms with Gasteiger partial charge in [0.15, 0.2) is 35.6 Å². The van der Waals surface area contributed by atoms with E-state index in [2.05, 4.69) is 0 Å². The minimum absolute atomic E-state index is 0.0329. The van der Waals surface area contributed by atoms with Crippen molar-refractivity contribution in [2.75, 3.05) is 27.4 Å². The molecule has 7 N–H and O–H groups in total. The summed E-state index contributed by atoms with van der Waals surface area (Å²) in [7, 11) is -2.53. The van der Waals surface area contributed by atoms with Gasteiger partial charge in [0.2, 0.25) is 5.75 Å². The van der Waals surface area contributed by atoms with E-state index >= 15 is 0 Å². The smallest absolute Gasteiger partial charge is 0.493 e. The number of hydrogen-bond donors (Lipinski definition) is 6. The second kappa shape index (κ2) is 12.0. The lowest BCUT2D eigenvalue weighted by Crippen LogP contribution is -2.63. The minimum atomic E-state index is -5.05. The maximum atomic E-state index is 13.5. The summed E-state index contributed by atoms with van der Waals surface area (Å²) < 4.78 is 67.4. The fourth-order valence-corrected chi connectivity index (χ4v) is 7.46. The van der Waals surface area contributed by atoms with E-state index in [0.29, 0.717) is 16.7 Å². The standard InChI is InChI=1S/C29H34NO17P/c1-10-40-9-19-26(42-10)22(31)23(32)28(43-19)44-24-13-7-16-15(45-29(30,34)46-16)6-12(13)20(21-14(24)8-41-27(21)33)11-4-17(38-2)25(18(5-11)39-3)47-48(35,36)37/h4-7,10,14,19-24,26,28,31-32,34H,8-9,30H2,1-3H3,(H2,35,36,37). The molecule has 1 aliphatic carbocycles. The highest BCUT2D eigenvalue weighted by Gasteiger charge is 2.56. The van der Waals surface area contributed by atoms with Crippen molar-refractivity contribution in [3.63, 3.8) is 0 Å². The van der Waals surface area contributed by atoms with Crippen LogP contribution in [0.2, 0.25) is 0 Å². The van der Waals surface area contributed by atoms with Crippen molar-refractivity contribution in [2.45, 2.75) is 62.0 Å². The Balaban J connectivity index is 1.34. The zero-order valence-electron chi connectivity index (χ0n) is 25.7. The summed E-state index contributed by atoms with van der Waals surface area (Å²) in [5.41, 5.74) is 6.91. The number of nitrogens with two attached hydrogens (primary N) is 1. The van der Waals surface area contributed by atoms with E-state index in [9.17, 15) is 34.5 Å². The Morgan fingerprint density at radius 1 is 0.958 bits per heavy atom. The van der Waals surface area contributed by atoms with Crippen LogP contribution in [0.5, 0.6) is 28.7 Å². The van der Waals surface area contributed by atoms with E-state index in [0.717, 1.165) is 0 Å². The van der Waals surface area contributed by atoms with Gasteiger partial charge < -0.3 is 62.5 Å². The summed E-state index contributed by atoms with van der Waals surface area (Å²) in [4.78, 5) is 32.6. The van der Waals surface area contributed by atoms with Crippen LogP contribution in [0.3, 0.4) is 0 Å². The number of aliphatic hydroxyl groups is 3. The Kier molecular flexibility index (Phi) is 8.28. The Morgan fingerprint density at radius 2 is 1.60 bits per heavy atom. The second-order valence-corrected chi connectivity index (χ2v) is 13.1. The van der Waals surface area contributed by atoms with Crippen LogP contribution in [-0.2, 0) is 33.0 Å². The first kappa shape index (κ1) is 33.2. The van der Waals surface area contributed by atoms with Gasteiger partial charge in [-0.25, -0.2) is 10.3 Å². The van der Waals surface area contributed by atoms with E-state index in [1.54, 1.807) is 6.92 Å². The van der Waals surface area contributed by atoms with Crippen LogP contribution in [0.4, 0.5) is 0 Å². The van der Waals surface area contributed by atoms with Crippen molar-refractivity contribution >= 4 is 13.8 Å². The van der Waals surface area contributed by atoms with Crippen LogP contribution < -0.4 is 29.2 Å². The third kappa shape index (κ3) is 5.76. The highest BCUT2D eigenvalue weighted by molar-refractivity contribution is 7.46. The number of aliphatic hydroxyl groups excluding tert-OH is 2. The summed E-state index contributed by atoms with van der Waals surface area (Å²) in [5, 5.41) is 32.4.